The predicted molar refractivity (Wildman–Crippen MR) is 91.7 cm³/mol. The van der Waals surface area contributed by atoms with Gasteiger partial charge in [-0.3, -0.25) is 0 Å². The number of anilines is 1. The van der Waals surface area contributed by atoms with Crippen LogP contribution < -0.4 is 10.6 Å². The molecule has 1 atom stereocenters. The maximum atomic E-state index is 6.32. The van der Waals surface area contributed by atoms with Crippen LogP contribution in [-0.2, 0) is 0 Å². The summed E-state index contributed by atoms with van der Waals surface area (Å²) in [6.07, 6.45) is 1.23. The van der Waals surface area contributed by atoms with Crippen LogP contribution in [0.2, 0.25) is 0 Å². The first-order chi connectivity index (χ1) is 9.48. The number of nitrogens with zero attached hydrogens (tertiary/aromatic N) is 1. The van der Waals surface area contributed by atoms with Gasteiger partial charge in [-0.25, -0.2) is 0 Å². The molecule has 0 radical (unpaired) electrons. The summed E-state index contributed by atoms with van der Waals surface area (Å²) < 4.78 is 0. The maximum Gasteiger partial charge on any atom is 0.0665 e. The first-order valence-corrected chi connectivity index (χ1v) is 8.75. The van der Waals surface area contributed by atoms with E-state index in [0.717, 1.165) is 18.8 Å². The van der Waals surface area contributed by atoms with Gasteiger partial charge in [0.25, 0.3) is 0 Å². The fourth-order valence-electron chi connectivity index (χ4n) is 3.45. The van der Waals surface area contributed by atoms with Crippen LogP contribution in [0.1, 0.15) is 32.8 Å². The zero-order valence-electron chi connectivity index (χ0n) is 13.3. The molecular formula is C17H28N2S. The van der Waals surface area contributed by atoms with E-state index in [2.05, 4.69) is 68.6 Å². The average molecular weight is 292 g/mol. The minimum Gasteiger partial charge on any atom is -0.363 e. The molecule has 0 saturated carbocycles. The highest BCUT2D eigenvalue weighted by Gasteiger charge is 2.50. The molecule has 3 heteroatoms. The van der Waals surface area contributed by atoms with Crippen LogP contribution >= 0.6 is 11.8 Å². The van der Waals surface area contributed by atoms with Gasteiger partial charge in [-0.05, 0) is 43.1 Å². The van der Waals surface area contributed by atoms with E-state index in [1.165, 1.54) is 23.4 Å². The van der Waals surface area contributed by atoms with Crippen molar-refractivity contribution in [3.63, 3.8) is 0 Å². The van der Waals surface area contributed by atoms with E-state index in [1.807, 2.05) is 0 Å². The minimum absolute atomic E-state index is 0.0524. The molecule has 1 aliphatic heterocycles. The molecule has 1 aromatic carbocycles. The van der Waals surface area contributed by atoms with Gasteiger partial charge in [-0.15, -0.1) is 0 Å². The van der Waals surface area contributed by atoms with Crippen LogP contribution in [0.3, 0.4) is 0 Å². The number of likely N-dealkylation sites (N-methyl/N-ethyl adjacent to an activating group) is 1. The summed E-state index contributed by atoms with van der Waals surface area (Å²) in [6.45, 7) is 11.0. The molecule has 2 rings (SSSR count). The fraction of sp³-hybridized carbons (Fsp3) is 0.647. The molecule has 1 fully saturated rings. The highest BCUT2D eigenvalue weighted by molar-refractivity contribution is 7.99. The van der Waals surface area contributed by atoms with Crippen molar-refractivity contribution >= 4 is 17.4 Å². The second kappa shape index (κ2) is 5.98. The van der Waals surface area contributed by atoms with Gasteiger partial charge < -0.3 is 10.6 Å². The summed E-state index contributed by atoms with van der Waals surface area (Å²) in [4.78, 5) is 2.56. The van der Waals surface area contributed by atoms with E-state index in [9.17, 15) is 0 Å². The highest BCUT2D eigenvalue weighted by Crippen LogP contribution is 2.47. The maximum absolute atomic E-state index is 6.32. The van der Waals surface area contributed by atoms with E-state index in [4.69, 9.17) is 5.73 Å². The van der Waals surface area contributed by atoms with Crippen molar-refractivity contribution in [3.05, 3.63) is 29.8 Å². The zero-order valence-corrected chi connectivity index (χ0v) is 14.1. The predicted octanol–water partition coefficient (Wildman–Crippen LogP) is 3.68. The lowest BCUT2D eigenvalue weighted by Gasteiger charge is -2.56. The lowest BCUT2D eigenvalue weighted by molar-refractivity contribution is 0.169. The van der Waals surface area contributed by atoms with E-state index in [1.54, 1.807) is 0 Å². The zero-order chi connectivity index (χ0) is 14.8. The van der Waals surface area contributed by atoms with Gasteiger partial charge >= 0.3 is 0 Å². The molecule has 0 aliphatic carbocycles. The Morgan fingerprint density at radius 2 is 2.00 bits per heavy atom. The molecule has 112 valence electrons. The Kier molecular flexibility index (Phi) is 4.70. The Morgan fingerprint density at radius 1 is 1.30 bits per heavy atom. The van der Waals surface area contributed by atoms with Crippen LogP contribution in [0.4, 0.5) is 5.69 Å². The van der Waals surface area contributed by atoms with Gasteiger partial charge in [0.2, 0.25) is 0 Å². The Balaban J connectivity index is 2.49. The summed E-state index contributed by atoms with van der Waals surface area (Å²) in [5.74, 6) is 2.37. The molecule has 0 bridgehead atoms. The van der Waals surface area contributed by atoms with Gasteiger partial charge in [-0.2, -0.15) is 11.8 Å². The van der Waals surface area contributed by atoms with Crippen LogP contribution in [0.5, 0.6) is 0 Å². The molecular weight excluding hydrogens is 264 g/mol. The summed E-state index contributed by atoms with van der Waals surface area (Å²) in [6, 6.07) is 8.69. The smallest absolute Gasteiger partial charge is 0.0665 e. The van der Waals surface area contributed by atoms with Crippen LogP contribution in [-0.4, -0.2) is 30.1 Å². The number of rotatable bonds is 4. The summed E-state index contributed by atoms with van der Waals surface area (Å²) in [5, 5.41) is 0. The third kappa shape index (κ3) is 2.46. The molecule has 0 amide bonds. The SMILES string of the molecule is CCN(c1ccccc1C)C1(CN)CSCCC1(C)C. The quantitative estimate of drug-likeness (QED) is 0.918. The molecule has 1 heterocycles. The van der Waals surface area contributed by atoms with Gasteiger partial charge in [0, 0.05) is 24.5 Å². The molecule has 2 N–H and O–H groups in total. The standard InChI is InChI=1S/C17H28N2S/c1-5-19(15-9-7-6-8-14(15)2)17(12-18)13-20-11-10-16(17,3)4/h6-9H,5,10-13,18H2,1-4H3. The average Bonchev–Trinajstić information content (AvgIpc) is 2.43. The lowest BCUT2D eigenvalue weighted by atomic mass is 9.69. The third-order valence-electron chi connectivity index (χ3n) is 5.05. The van der Waals surface area contributed by atoms with Crippen LogP contribution in [0, 0.1) is 12.3 Å². The van der Waals surface area contributed by atoms with E-state index >= 15 is 0 Å². The number of aryl methyl sites for hydroxylation is 1. The van der Waals surface area contributed by atoms with Crippen LogP contribution in [0.15, 0.2) is 24.3 Å². The van der Waals surface area contributed by atoms with Crippen molar-refractivity contribution in [2.24, 2.45) is 11.1 Å². The normalized spacial score (nSPS) is 25.4. The third-order valence-corrected chi connectivity index (χ3v) is 6.22. The number of thioether (sulfide) groups is 1. The van der Waals surface area contributed by atoms with Gasteiger partial charge in [0.15, 0.2) is 0 Å². The second-order valence-corrected chi connectivity index (χ2v) is 7.56. The number of hydrogen-bond acceptors (Lipinski definition) is 3. The summed E-state index contributed by atoms with van der Waals surface area (Å²) in [7, 11) is 0. The Bertz CT molecular complexity index is 458. The molecule has 1 aromatic rings. The van der Waals surface area contributed by atoms with E-state index < -0.39 is 0 Å². The molecule has 0 spiro atoms. The van der Waals surface area contributed by atoms with Crippen molar-refractivity contribution < 1.29 is 0 Å². The van der Waals surface area contributed by atoms with Crippen molar-refractivity contribution in [2.75, 3.05) is 29.5 Å². The largest absolute Gasteiger partial charge is 0.363 e. The van der Waals surface area contributed by atoms with Crippen molar-refractivity contribution in [1.29, 1.82) is 0 Å². The summed E-state index contributed by atoms with van der Waals surface area (Å²) >= 11 is 2.05. The Hall–Kier alpha value is -0.670. The number of hydrogen-bond donors (Lipinski definition) is 1. The minimum atomic E-state index is 0.0524. The molecule has 2 nitrogen and oxygen atoms in total. The topological polar surface area (TPSA) is 29.3 Å². The Morgan fingerprint density at radius 3 is 2.55 bits per heavy atom. The van der Waals surface area contributed by atoms with Crippen molar-refractivity contribution in [2.45, 2.75) is 39.7 Å². The number of para-hydroxylation sites is 1. The number of benzene rings is 1. The fourth-order valence-corrected chi connectivity index (χ4v) is 5.26. The first-order valence-electron chi connectivity index (χ1n) is 7.59. The molecule has 20 heavy (non-hydrogen) atoms. The monoisotopic (exact) mass is 292 g/mol. The van der Waals surface area contributed by atoms with E-state index in [0.29, 0.717) is 0 Å². The van der Waals surface area contributed by atoms with Crippen molar-refractivity contribution in [3.8, 4) is 0 Å². The number of nitrogens with two attached hydrogens (primary N) is 1. The van der Waals surface area contributed by atoms with Crippen LogP contribution in [0.25, 0.3) is 0 Å². The molecule has 1 saturated heterocycles. The molecule has 1 unspecified atom stereocenters. The lowest BCUT2D eigenvalue weighted by Crippen LogP contribution is -2.66. The summed E-state index contributed by atoms with van der Waals surface area (Å²) in [5.41, 5.74) is 9.30. The first kappa shape index (κ1) is 15.7. The van der Waals surface area contributed by atoms with Crippen molar-refractivity contribution in [1.82, 2.24) is 0 Å². The molecule has 0 aromatic heterocycles. The van der Waals surface area contributed by atoms with Gasteiger partial charge in [0.1, 0.15) is 0 Å². The van der Waals surface area contributed by atoms with Gasteiger partial charge in [-0.1, -0.05) is 32.0 Å². The Labute approximate surface area is 128 Å². The highest BCUT2D eigenvalue weighted by atomic mass is 32.2. The molecule has 1 aliphatic rings. The second-order valence-electron chi connectivity index (χ2n) is 6.45. The van der Waals surface area contributed by atoms with Gasteiger partial charge in [0.05, 0.1) is 5.54 Å². The van der Waals surface area contributed by atoms with E-state index in [-0.39, 0.29) is 11.0 Å².